The first-order valence-corrected chi connectivity index (χ1v) is 8.61. The van der Waals surface area contributed by atoms with Crippen LogP contribution in [0.25, 0.3) is 0 Å². The van der Waals surface area contributed by atoms with Crippen LogP contribution < -0.4 is 5.32 Å². The van der Waals surface area contributed by atoms with Gasteiger partial charge < -0.3 is 10.1 Å². The van der Waals surface area contributed by atoms with Gasteiger partial charge in [-0.15, -0.1) is 0 Å². The minimum Gasteiger partial charge on any atom is -0.378 e. The van der Waals surface area contributed by atoms with Crippen molar-refractivity contribution < 1.29 is 4.74 Å². The Morgan fingerprint density at radius 3 is 2.90 bits per heavy atom. The molecule has 1 heterocycles. The minimum atomic E-state index is 0.383. The number of nitrogens with one attached hydrogen (secondary N) is 1. The molecule has 4 heteroatoms. The largest absolute Gasteiger partial charge is 0.378 e. The SMILES string of the molecule is CCNC(Cc1ccc(Br)cc1Cl)C1CCOC1CC. The van der Waals surface area contributed by atoms with Gasteiger partial charge in [0.1, 0.15) is 0 Å². The predicted molar refractivity (Wildman–Crippen MR) is 88.5 cm³/mol. The molecule has 20 heavy (non-hydrogen) atoms. The van der Waals surface area contributed by atoms with Gasteiger partial charge in [-0.2, -0.15) is 0 Å². The third kappa shape index (κ3) is 3.97. The zero-order chi connectivity index (χ0) is 14.5. The van der Waals surface area contributed by atoms with Gasteiger partial charge in [0.05, 0.1) is 6.10 Å². The number of ether oxygens (including phenoxy) is 1. The fourth-order valence-corrected chi connectivity index (χ4v) is 3.86. The van der Waals surface area contributed by atoms with Gasteiger partial charge in [-0.25, -0.2) is 0 Å². The fraction of sp³-hybridized carbons (Fsp3) is 0.625. The van der Waals surface area contributed by atoms with Crippen LogP contribution in [0.5, 0.6) is 0 Å². The Balaban J connectivity index is 2.12. The summed E-state index contributed by atoms with van der Waals surface area (Å²) in [5.41, 5.74) is 1.21. The average Bonchev–Trinajstić information content (AvgIpc) is 2.89. The van der Waals surface area contributed by atoms with E-state index in [9.17, 15) is 0 Å². The molecule has 1 aliphatic heterocycles. The summed E-state index contributed by atoms with van der Waals surface area (Å²) in [7, 11) is 0. The zero-order valence-electron chi connectivity index (χ0n) is 12.2. The lowest BCUT2D eigenvalue weighted by Gasteiger charge is -2.28. The molecule has 1 aromatic carbocycles. The molecule has 3 atom stereocenters. The van der Waals surface area contributed by atoms with E-state index in [1.165, 1.54) is 5.56 Å². The molecule has 0 bridgehead atoms. The van der Waals surface area contributed by atoms with Gasteiger partial charge in [0, 0.05) is 28.1 Å². The molecule has 0 amide bonds. The minimum absolute atomic E-state index is 0.383. The molecule has 0 aromatic heterocycles. The standard InChI is InChI=1S/C16H23BrClNO/c1-3-16-13(7-8-20-16)15(19-4-2)9-11-5-6-12(17)10-14(11)18/h5-6,10,13,15-16,19H,3-4,7-9H2,1-2H3. The Labute approximate surface area is 135 Å². The van der Waals surface area contributed by atoms with Gasteiger partial charge in [-0.1, -0.05) is 47.4 Å². The lowest BCUT2D eigenvalue weighted by molar-refractivity contribution is 0.0776. The highest BCUT2D eigenvalue weighted by atomic mass is 79.9. The van der Waals surface area contributed by atoms with Crippen molar-refractivity contribution in [3.05, 3.63) is 33.3 Å². The van der Waals surface area contributed by atoms with Crippen LogP contribution in [-0.4, -0.2) is 25.3 Å². The summed E-state index contributed by atoms with van der Waals surface area (Å²) in [6.07, 6.45) is 3.57. The van der Waals surface area contributed by atoms with Crippen LogP contribution in [0.4, 0.5) is 0 Å². The van der Waals surface area contributed by atoms with Crippen LogP contribution >= 0.6 is 27.5 Å². The van der Waals surface area contributed by atoms with Gasteiger partial charge in [0.2, 0.25) is 0 Å². The number of hydrogen-bond donors (Lipinski definition) is 1. The van der Waals surface area contributed by atoms with Crippen molar-refractivity contribution in [3.63, 3.8) is 0 Å². The van der Waals surface area contributed by atoms with E-state index in [4.69, 9.17) is 16.3 Å². The quantitative estimate of drug-likeness (QED) is 0.810. The van der Waals surface area contributed by atoms with Crippen LogP contribution in [0.1, 0.15) is 32.3 Å². The molecular formula is C16H23BrClNO. The van der Waals surface area contributed by atoms with Crippen molar-refractivity contribution in [1.29, 1.82) is 0 Å². The molecule has 0 spiro atoms. The van der Waals surface area contributed by atoms with Crippen LogP contribution in [0.15, 0.2) is 22.7 Å². The van der Waals surface area contributed by atoms with Crippen molar-refractivity contribution in [2.75, 3.05) is 13.2 Å². The van der Waals surface area contributed by atoms with E-state index >= 15 is 0 Å². The van der Waals surface area contributed by atoms with Gasteiger partial charge >= 0.3 is 0 Å². The highest BCUT2D eigenvalue weighted by Gasteiger charge is 2.33. The van der Waals surface area contributed by atoms with E-state index in [2.05, 4.69) is 47.2 Å². The molecule has 0 radical (unpaired) electrons. The first-order chi connectivity index (χ1) is 9.65. The molecule has 1 N–H and O–H groups in total. The van der Waals surface area contributed by atoms with Crippen molar-refractivity contribution in [2.45, 2.75) is 45.3 Å². The molecular weight excluding hydrogens is 338 g/mol. The Bertz CT molecular complexity index is 440. The van der Waals surface area contributed by atoms with E-state index in [0.717, 1.165) is 41.9 Å². The second-order valence-electron chi connectivity index (χ2n) is 5.37. The first kappa shape index (κ1) is 16.3. The molecule has 1 saturated heterocycles. The lowest BCUT2D eigenvalue weighted by atomic mass is 9.87. The summed E-state index contributed by atoms with van der Waals surface area (Å²) in [6.45, 7) is 6.23. The van der Waals surface area contributed by atoms with E-state index in [0.29, 0.717) is 18.1 Å². The first-order valence-electron chi connectivity index (χ1n) is 7.44. The van der Waals surface area contributed by atoms with Crippen LogP contribution in [-0.2, 0) is 11.2 Å². The van der Waals surface area contributed by atoms with Crippen LogP contribution in [0.3, 0.4) is 0 Å². The van der Waals surface area contributed by atoms with Gasteiger partial charge in [-0.3, -0.25) is 0 Å². The Morgan fingerprint density at radius 1 is 1.45 bits per heavy atom. The van der Waals surface area contributed by atoms with Crippen molar-refractivity contribution in [1.82, 2.24) is 5.32 Å². The van der Waals surface area contributed by atoms with Crippen molar-refractivity contribution >= 4 is 27.5 Å². The molecule has 1 fully saturated rings. The maximum atomic E-state index is 6.36. The predicted octanol–water partition coefficient (Wildman–Crippen LogP) is 4.44. The van der Waals surface area contributed by atoms with Crippen molar-refractivity contribution in [3.8, 4) is 0 Å². The van der Waals surface area contributed by atoms with Crippen LogP contribution in [0, 0.1) is 5.92 Å². The highest BCUT2D eigenvalue weighted by molar-refractivity contribution is 9.10. The van der Waals surface area contributed by atoms with E-state index in [-0.39, 0.29) is 0 Å². The summed E-state index contributed by atoms with van der Waals surface area (Å²) in [5, 5.41) is 4.47. The maximum Gasteiger partial charge on any atom is 0.0616 e. The fourth-order valence-electron chi connectivity index (χ4n) is 3.11. The Kier molecular flexibility index (Phi) is 6.34. The number of rotatable bonds is 6. The monoisotopic (exact) mass is 359 g/mol. The van der Waals surface area contributed by atoms with Crippen molar-refractivity contribution in [2.24, 2.45) is 5.92 Å². The molecule has 112 valence electrons. The highest BCUT2D eigenvalue weighted by Crippen LogP contribution is 2.30. The number of halogens is 2. The van der Waals surface area contributed by atoms with E-state index in [1.807, 2.05) is 6.07 Å². The van der Waals surface area contributed by atoms with Gasteiger partial charge in [0.15, 0.2) is 0 Å². The second kappa shape index (κ2) is 7.79. The third-order valence-corrected chi connectivity index (χ3v) is 4.95. The number of benzene rings is 1. The normalized spacial score (nSPS) is 24.0. The molecule has 1 aliphatic rings. The van der Waals surface area contributed by atoms with Crippen LogP contribution in [0.2, 0.25) is 5.02 Å². The topological polar surface area (TPSA) is 21.3 Å². The third-order valence-electron chi connectivity index (χ3n) is 4.10. The molecule has 2 nitrogen and oxygen atoms in total. The Hall–Kier alpha value is -0.0900. The smallest absolute Gasteiger partial charge is 0.0616 e. The Morgan fingerprint density at radius 2 is 2.25 bits per heavy atom. The lowest BCUT2D eigenvalue weighted by Crippen LogP contribution is -2.41. The van der Waals surface area contributed by atoms with E-state index in [1.54, 1.807) is 0 Å². The summed E-state index contributed by atoms with van der Waals surface area (Å²) >= 11 is 9.82. The summed E-state index contributed by atoms with van der Waals surface area (Å²) < 4.78 is 6.88. The van der Waals surface area contributed by atoms with Gasteiger partial charge in [0.25, 0.3) is 0 Å². The van der Waals surface area contributed by atoms with Gasteiger partial charge in [-0.05, 0) is 43.5 Å². The number of hydrogen-bond acceptors (Lipinski definition) is 2. The summed E-state index contributed by atoms with van der Waals surface area (Å²) in [4.78, 5) is 0. The maximum absolute atomic E-state index is 6.36. The molecule has 0 aliphatic carbocycles. The average molecular weight is 361 g/mol. The van der Waals surface area contributed by atoms with E-state index < -0.39 is 0 Å². The summed E-state index contributed by atoms with van der Waals surface area (Å²) in [5.74, 6) is 0.583. The second-order valence-corrected chi connectivity index (χ2v) is 6.70. The molecule has 3 unspecified atom stereocenters. The molecule has 0 saturated carbocycles. The zero-order valence-corrected chi connectivity index (χ0v) is 14.5. The number of likely N-dealkylation sites (N-methyl/N-ethyl adjacent to an activating group) is 1. The molecule has 2 rings (SSSR count). The molecule has 1 aromatic rings. The summed E-state index contributed by atoms with van der Waals surface area (Å²) in [6, 6.07) is 6.59.